The fourth-order valence-electron chi connectivity index (χ4n) is 3.30. The van der Waals surface area contributed by atoms with Crippen molar-refractivity contribution in [3.8, 4) is 0 Å². The zero-order valence-corrected chi connectivity index (χ0v) is 11.0. The second-order valence-corrected chi connectivity index (χ2v) is 5.36. The molecule has 0 fully saturated rings. The van der Waals surface area contributed by atoms with Gasteiger partial charge in [0.05, 0.1) is 5.69 Å². The van der Waals surface area contributed by atoms with E-state index in [-0.39, 0.29) is 5.82 Å². The van der Waals surface area contributed by atoms with Crippen molar-refractivity contribution in [1.82, 2.24) is 15.2 Å². The van der Waals surface area contributed by atoms with Gasteiger partial charge in [-0.15, -0.1) is 10.2 Å². The lowest BCUT2D eigenvalue weighted by molar-refractivity contribution is 0.0989. The first-order chi connectivity index (χ1) is 9.74. The van der Waals surface area contributed by atoms with E-state index < -0.39 is 5.91 Å². The zero-order chi connectivity index (χ0) is 13.7. The molecule has 0 aromatic carbocycles. The number of nitrogens with two attached hydrogens (primary N) is 1. The number of fused-ring (bicyclic) bond motifs is 2. The highest BCUT2D eigenvalue weighted by Crippen LogP contribution is 2.45. The number of aromatic nitrogens is 3. The number of rotatable bonds is 1. The Balaban J connectivity index is 1.91. The van der Waals surface area contributed by atoms with Crippen LogP contribution in [-0.4, -0.2) is 21.1 Å². The summed E-state index contributed by atoms with van der Waals surface area (Å²) in [5.74, 6) is -0.614. The summed E-state index contributed by atoms with van der Waals surface area (Å²) in [6, 6.07) is 0. The Bertz CT molecular complexity index is 727. The molecule has 3 aliphatic rings. The first-order valence-electron chi connectivity index (χ1n) is 6.90. The minimum absolute atomic E-state index is 0.00963. The summed E-state index contributed by atoms with van der Waals surface area (Å²) >= 11 is 0. The minimum Gasteiger partial charge on any atom is -0.363 e. The summed E-state index contributed by atoms with van der Waals surface area (Å²) < 4.78 is 0. The molecule has 100 valence electrons. The summed E-state index contributed by atoms with van der Waals surface area (Å²) in [5.41, 5.74) is 12.3. The van der Waals surface area contributed by atoms with E-state index in [2.05, 4.69) is 27.3 Å². The molecule has 0 unspecified atom stereocenters. The summed E-state index contributed by atoms with van der Waals surface area (Å²) in [4.78, 5) is 15.5. The van der Waals surface area contributed by atoms with Gasteiger partial charge in [0.15, 0.2) is 0 Å². The fourth-order valence-corrected chi connectivity index (χ4v) is 3.30. The summed E-state index contributed by atoms with van der Waals surface area (Å²) in [7, 11) is 0. The van der Waals surface area contributed by atoms with Gasteiger partial charge in [0.2, 0.25) is 5.82 Å². The Morgan fingerprint density at radius 1 is 1.15 bits per heavy atom. The lowest BCUT2D eigenvalue weighted by Crippen LogP contribution is -2.18. The van der Waals surface area contributed by atoms with Crippen LogP contribution in [0.2, 0.25) is 0 Å². The molecule has 0 saturated heterocycles. The maximum absolute atomic E-state index is 11.2. The van der Waals surface area contributed by atoms with Crippen molar-refractivity contribution >= 4 is 11.5 Å². The first kappa shape index (κ1) is 11.5. The maximum Gasteiger partial charge on any atom is 0.288 e. The van der Waals surface area contributed by atoms with Crippen molar-refractivity contribution in [2.75, 3.05) is 0 Å². The van der Waals surface area contributed by atoms with Crippen LogP contribution in [0.1, 0.15) is 47.7 Å². The Hall–Kier alpha value is -2.30. The molecule has 0 radical (unpaired) electrons. The predicted molar refractivity (Wildman–Crippen MR) is 73.6 cm³/mol. The van der Waals surface area contributed by atoms with Gasteiger partial charge in [0.25, 0.3) is 5.91 Å². The summed E-state index contributed by atoms with van der Waals surface area (Å²) in [6.07, 6.45) is 9.51. The van der Waals surface area contributed by atoms with Gasteiger partial charge in [-0.2, -0.15) is 0 Å². The van der Waals surface area contributed by atoms with E-state index in [4.69, 9.17) is 5.73 Å². The Morgan fingerprint density at radius 2 is 2.05 bits per heavy atom. The number of hydrogen-bond donors (Lipinski definition) is 1. The van der Waals surface area contributed by atoms with E-state index in [0.717, 1.165) is 49.1 Å². The van der Waals surface area contributed by atoms with E-state index in [1.807, 2.05) is 0 Å². The standard InChI is InChI=1S/C15H14N4O/c16-14(20)15-17-11-7-6-9-5-4-8-2-1-3-10(12(8)9)13(11)18-19-15/h3,5H,1-2,4,6-7H2,(H2,16,20). The Kier molecular flexibility index (Phi) is 2.36. The molecule has 3 aliphatic carbocycles. The second-order valence-electron chi connectivity index (χ2n) is 5.36. The average molecular weight is 266 g/mol. The quantitative estimate of drug-likeness (QED) is 0.839. The number of carbonyl (C=O) groups excluding carboxylic acids is 1. The zero-order valence-electron chi connectivity index (χ0n) is 11.0. The lowest BCUT2D eigenvalue weighted by Gasteiger charge is -2.17. The monoisotopic (exact) mass is 266 g/mol. The van der Waals surface area contributed by atoms with Gasteiger partial charge in [-0.3, -0.25) is 4.79 Å². The molecular formula is C15H14N4O. The van der Waals surface area contributed by atoms with E-state index in [9.17, 15) is 4.79 Å². The van der Waals surface area contributed by atoms with Crippen LogP contribution >= 0.6 is 0 Å². The van der Waals surface area contributed by atoms with Gasteiger partial charge in [0, 0.05) is 5.57 Å². The number of allylic oxidation sites excluding steroid dienone is 6. The van der Waals surface area contributed by atoms with Crippen LogP contribution < -0.4 is 5.73 Å². The van der Waals surface area contributed by atoms with Crippen LogP contribution in [0.15, 0.2) is 28.9 Å². The third-order valence-corrected chi connectivity index (χ3v) is 4.20. The topological polar surface area (TPSA) is 81.8 Å². The molecule has 4 rings (SSSR count). The number of hydrogen-bond acceptors (Lipinski definition) is 4. The van der Waals surface area contributed by atoms with Crippen molar-refractivity contribution in [2.24, 2.45) is 5.73 Å². The molecule has 5 heteroatoms. The molecule has 1 aromatic rings. The van der Waals surface area contributed by atoms with E-state index in [1.54, 1.807) is 0 Å². The molecule has 2 N–H and O–H groups in total. The second kappa shape index (κ2) is 4.10. The molecule has 1 heterocycles. The first-order valence-corrected chi connectivity index (χ1v) is 6.90. The molecule has 1 aromatic heterocycles. The van der Waals surface area contributed by atoms with Crippen molar-refractivity contribution in [1.29, 1.82) is 0 Å². The summed E-state index contributed by atoms with van der Waals surface area (Å²) in [6.45, 7) is 0. The van der Waals surface area contributed by atoms with Crippen molar-refractivity contribution < 1.29 is 4.79 Å². The largest absolute Gasteiger partial charge is 0.363 e. The number of aryl methyl sites for hydroxylation is 1. The van der Waals surface area contributed by atoms with Crippen LogP contribution in [0.25, 0.3) is 5.57 Å². The van der Waals surface area contributed by atoms with Crippen LogP contribution in [0, 0.1) is 0 Å². The van der Waals surface area contributed by atoms with Crippen LogP contribution in [0.5, 0.6) is 0 Å². The smallest absolute Gasteiger partial charge is 0.288 e. The molecule has 1 amide bonds. The molecular weight excluding hydrogens is 252 g/mol. The molecule has 20 heavy (non-hydrogen) atoms. The van der Waals surface area contributed by atoms with Crippen LogP contribution in [-0.2, 0) is 6.42 Å². The predicted octanol–water partition coefficient (Wildman–Crippen LogP) is 1.72. The minimum atomic E-state index is -0.624. The fraction of sp³-hybridized carbons (Fsp3) is 0.333. The number of carbonyl (C=O) groups is 1. The number of primary amides is 1. The lowest BCUT2D eigenvalue weighted by atomic mass is 9.88. The highest BCUT2D eigenvalue weighted by molar-refractivity contribution is 5.90. The normalized spacial score (nSPS) is 19.8. The molecule has 0 atom stereocenters. The van der Waals surface area contributed by atoms with Gasteiger partial charge in [-0.25, -0.2) is 4.98 Å². The highest BCUT2D eigenvalue weighted by Gasteiger charge is 2.30. The summed E-state index contributed by atoms with van der Waals surface area (Å²) in [5, 5.41) is 8.11. The molecule has 0 saturated carbocycles. The maximum atomic E-state index is 11.2. The third-order valence-electron chi connectivity index (χ3n) is 4.20. The number of nitrogens with zero attached hydrogens (tertiary/aromatic N) is 3. The van der Waals surface area contributed by atoms with E-state index >= 15 is 0 Å². The van der Waals surface area contributed by atoms with Crippen molar-refractivity contribution in [3.63, 3.8) is 0 Å². The van der Waals surface area contributed by atoms with Crippen molar-refractivity contribution in [2.45, 2.75) is 32.1 Å². The Labute approximate surface area is 116 Å². The van der Waals surface area contributed by atoms with Gasteiger partial charge < -0.3 is 5.73 Å². The molecule has 0 spiro atoms. The number of amides is 1. The highest BCUT2D eigenvalue weighted by atomic mass is 16.1. The van der Waals surface area contributed by atoms with Gasteiger partial charge >= 0.3 is 0 Å². The van der Waals surface area contributed by atoms with Gasteiger partial charge in [0.1, 0.15) is 5.69 Å². The Morgan fingerprint density at radius 3 is 2.90 bits per heavy atom. The van der Waals surface area contributed by atoms with Crippen LogP contribution in [0.3, 0.4) is 0 Å². The van der Waals surface area contributed by atoms with Crippen LogP contribution in [0.4, 0.5) is 0 Å². The van der Waals surface area contributed by atoms with Gasteiger partial charge in [-0.05, 0) is 43.3 Å². The average Bonchev–Trinajstić information content (AvgIpc) is 2.80. The molecule has 0 bridgehead atoms. The van der Waals surface area contributed by atoms with E-state index in [0.29, 0.717) is 0 Å². The van der Waals surface area contributed by atoms with Gasteiger partial charge in [-0.1, -0.05) is 17.7 Å². The molecule has 0 aliphatic heterocycles. The third kappa shape index (κ3) is 1.56. The van der Waals surface area contributed by atoms with Crippen molar-refractivity contribution in [3.05, 3.63) is 46.1 Å². The SMILES string of the molecule is NC(=O)c1nnc2c(n1)CCC1=CCC3=C1C2=CCC3. The molecule has 5 nitrogen and oxygen atoms in total. The van der Waals surface area contributed by atoms with E-state index in [1.165, 1.54) is 16.7 Å².